The molecule has 0 aromatic heterocycles. The number of benzene rings is 1. The summed E-state index contributed by atoms with van der Waals surface area (Å²) in [6.45, 7) is 0.412. The number of carbonyl (C=O) groups excluding carboxylic acids is 2. The number of hydrogen-bond donors (Lipinski definition) is 2. The number of amides is 2. The van der Waals surface area contributed by atoms with Gasteiger partial charge >= 0.3 is 0 Å². The van der Waals surface area contributed by atoms with Crippen molar-refractivity contribution in [3.05, 3.63) is 35.4 Å². The van der Waals surface area contributed by atoms with Crippen molar-refractivity contribution >= 4 is 11.8 Å². The molecule has 21 heavy (non-hydrogen) atoms. The van der Waals surface area contributed by atoms with Gasteiger partial charge in [-0.15, -0.1) is 0 Å². The Morgan fingerprint density at radius 1 is 1.14 bits per heavy atom. The number of nitrogens with zero attached hydrogens (tertiary/aromatic N) is 1. The largest absolute Gasteiger partial charge is 0.350 e. The smallest absolute Gasteiger partial charge is 0.239 e. The lowest BCUT2D eigenvalue weighted by Crippen LogP contribution is -2.38. The van der Waals surface area contributed by atoms with Crippen molar-refractivity contribution < 1.29 is 9.59 Å². The molecule has 0 bridgehead atoms. The average Bonchev–Trinajstić information content (AvgIpc) is 3.05. The lowest BCUT2D eigenvalue weighted by molar-refractivity contribution is -0.128. The molecular weight excluding hydrogens is 266 g/mol. The van der Waals surface area contributed by atoms with Crippen LogP contribution < -0.4 is 10.6 Å². The summed E-state index contributed by atoms with van der Waals surface area (Å²) in [6, 6.07) is 9.07. The van der Waals surface area contributed by atoms with E-state index in [0.717, 1.165) is 31.2 Å². The van der Waals surface area contributed by atoms with Crippen LogP contribution in [0.25, 0.3) is 0 Å². The molecule has 1 saturated carbocycles. The number of rotatable bonds is 5. The zero-order valence-electron chi connectivity index (χ0n) is 11.9. The molecule has 5 heteroatoms. The molecule has 0 spiro atoms. The second kappa shape index (κ2) is 7.44. The normalized spacial score (nSPS) is 14.4. The maximum Gasteiger partial charge on any atom is 0.239 e. The van der Waals surface area contributed by atoms with E-state index >= 15 is 0 Å². The van der Waals surface area contributed by atoms with E-state index in [1.54, 1.807) is 24.3 Å². The van der Waals surface area contributed by atoms with Crippen LogP contribution in [0.2, 0.25) is 0 Å². The van der Waals surface area contributed by atoms with E-state index in [-0.39, 0.29) is 24.3 Å². The molecular formula is C16H19N3O2. The van der Waals surface area contributed by atoms with Gasteiger partial charge in [0.1, 0.15) is 0 Å². The maximum absolute atomic E-state index is 11.8. The maximum atomic E-state index is 11.8. The summed E-state index contributed by atoms with van der Waals surface area (Å²) in [5, 5.41) is 14.1. The van der Waals surface area contributed by atoms with Crippen molar-refractivity contribution in [1.29, 1.82) is 5.26 Å². The molecule has 0 radical (unpaired) electrons. The van der Waals surface area contributed by atoms with Crippen molar-refractivity contribution in [1.82, 2.24) is 10.6 Å². The van der Waals surface area contributed by atoms with Crippen molar-refractivity contribution in [2.24, 2.45) is 5.92 Å². The molecule has 0 atom stereocenters. The first-order valence-electron chi connectivity index (χ1n) is 7.22. The number of nitriles is 1. The molecule has 1 aromatic carbocycles. The van der Waals surface area contributed by atoms with Gasteiger partial charge in [0.05, 0.1) is 18.2 Å². The Morgan fingerprint density at radius 2 is 1.81 bits per heavy atom. The zero-order valence-corrected chi connectivity index (χ0v) is 11.9. The van der Waals surface area contributed by atoms with Gasteiger partial charge in [-0.1, -0.05) is 25.0 Å². The predicted molar refractivity (Wildman–Crippen MR) is 78.0 cm³/mol. The SMILES string of the molecule is N#Cc1ccc(CNC(=O)CNC(=O)C2CCCC2)cc1. The molecule has 0 heterocycles. The van der Waals surface area contributed by atoms with E-state index < -0.39 is 0 Å². The molecule has 0 unspecified atom stereocenters. The van der Waals surface area contributed by atoms with Crippen LogP contribution in [0.3, 0.4) is 0 Å². The van der Waals surface area contributed by atoms with E-state index in [4.69, 9.17) is 5.26 Å². The van der Waals surface area contributed by atoms with Gasteiger partial charge in [-0.3, -0.25) is 9.59 Å². The Kier molecular flexibility index (Phi) is 5.33. The fourth-order valence-corrected chi connectivity index (χ4v) is 2.46. The molecule has 110 valence electrons. The highest BCUT2D eigenvalue weighted by molar-refractivity contribution is 5.85. The zero-order chi connectivity index (χ0) is 15.1. The fourth-order valence-electron chi connectivity index (χ4n) is 2.46. The standard InChI is InChI=1S/C16H19N3O2/c17-9-12-5-7-13(8-6-12)10-18-15(20)11-19-16(21)14-3-1-2-4-14/h5-8,14H,1-4,10-11H2,(H,18,20)(H,19,21). The average molecular weight is 285 g/mol. The molecule has 2 amide bonds. The number of hydrogen-bond acceptors (Lipinski definition) is 3. The van der Waals surface area contributed by atoms with Crippen LogP contribution in [0.1, 0.15) is 36.8 Å². The lowest BCUT2D eigenvalue weighted by Gasteiger charge is -2.10. The van der Waals surface area contributed by atoms with Crippen LogP contribution >= 0.6 is 0 Å². The minimum atomic E-state index is -0.203. The van der Waals surface area contributed by atoms with Gasteiger partial charge in [0.15, 0.2) is 0 Å². The molecule has 1 aliphatic carbocycles. The molecule has 1 fully saturated rings. The van der Waals surface area contributed by atoms with E-state index in [9.17, 15) is 9.59 Å². The summed E-state index contributed by atoms with van der Waals surface area (Å²) in [6.07, 6.45) is 4.06. The highest BCUT2D eigenvalue weighted by Crippen LogP contribution is 2.24. The monoisotopic (exact) mass is 285 g/mol. The fraction of sp³-hybridized carbons (Fsp3) is 0.438. The van der Waals surface area contributed by atoms with Crippen molar-refractivity contribution in [2.75, 3.05) is 6.54 Å². The number of carbonyl (C=O) groups is 2. The van der Waals surface area contributed by atoms with Crippen molar-refractivity contribution in [3.63, 3.8) is 0 Å². The highest BCUT2D eigenvalue weighted by atomic mass is 16.2. The van der Waals surface area contributed by atoms with E-state index in [0.29, 0.717) is 12.1 Å². The second-order valence-corrected chi connectivity index (χ2v) is 5.28. The van der Waals surface area contributed by atoms with Gasteiger partial charge < -0.3 is 10.6 Å². The Balaban J connectivity index is 1.69. The minimum absolute atomic E-state index is 0.0129. The summed E-state index contributed by atoms with van der Waals surface area (Å²) in [4.78, 5) is 23.5. The van der Waals surface area contributed by atoms with Crippen LogP contribution in [0.15, 0.2) is 24.3 Å². The van der Waals surface area contributed by atoms with Crippen molar-refractivity contribution in [2.45, 2.75) is 32.2 Å². The van der Waals surface area contributed by atoms with Gasteiger partial charge in [-0.25, -0.2) is 0 Å². The number of nitrogens with one attached hydrogen (secondary N) is 2. The molecule has 5 nitrogen and oxygen atoms in total. The minimum Gasteiger partial charge on any atom is -0.350 e. The Labute approximate surface area is 124 Å². The van der Waals surface area contributed by atoms with Gasteiger partial charge in [0, 0.05) is 12.5 Å². The molecule has 1 aliphatic rings. The van der Waals surface area contributed by atoms with Crippen LogP contribution in [0, 0.1) is 17.2 Å². The molecule has 2 N–H and O–H groups in total. The van der Waals surface area contributed by atoms with Gasteiger partial charge in [-0.05, 0) is 30.5 Å². The quantitative estimate of drug-likeness (QED) is 0.859. The summed E-state index contributed by atoms with van der Waals surface area (Å²) >= 11 is 0. The second-order valence-electron chi connectivity index (χ2n) is 5.28. The third kappa shape index (κ3) is 4.60. The van der Waals surface area contributed by atoms with Crippen LogP contribution in [-0.4, -0.2) is 18.4 Å². The van der Waals surface area contributed by atoms with E-state index in [1.807, 2.05) is 6.07 Å². The molecule has 1 aromatic rings. The molecule has 0 aliphatic heterocycles. The van der Waals surface area contributed by atoms with E-state index in [2.05, 4.69) is 10.6 Å². The van der Waals surface area contributed by atoms with Crippen LogP contribution in [0.5, 0.6) is 0 Å². The molecule has 0 saturated heterocycles. The Bertz CT molecular complexity index is 540. The third-order valence-electron chi connectivity index (χ3n) is 3.72. The first-order chi connectivity index (χ1) is 10.2. The lowest BCUT2D eigenvalue weighted by atomic mass is 10.1. The Hall–Kier alpha value is -2.35. The summed E-state index contributed by atoms with van der Waals surface area (Å²) in [5.74, 6) is -0.136. The topological polar surface area (TPSA) is 82.0 Å². The highest BCUT2D eigenvalue weighted by Gasteiger charge is 2.22. The first kappa shape index (κ1) is 15.0. The molecule has 2 rings (SSSR count). The summed E-state index contributed by atoms with van der Waals surface area (Å²) in [7, 11) is 0. The van der Waals surface area contributed by atoms with Crippen LogP contribution in [-0.2, 0) is 16.1 Å². The van der Waals surface area contributed by atoms with Gasteiger partial charge in [-0.2, -0.15) is 5.26 Å². The summed E-state index contributed by atoms with van der Waals surface area (Å²) < 4.78 is 0. The van der Waals surface area contributed by atoms with Gasteiger partial charge in [0.2, 0.25) is 11.8 Å². The Morgan fingerprint density at radius 3 is 2.43 bits per heavy atom. The predicted octanol–water partition coefficient (Wildman–Crippen LogP) is 1.48. The van der Waals surface area contributed by atoms with E-state index in [1.165, 1.54) is 0 Å². The summed E-state index contributed by atoms with van der Waals surface area (Å²) in [5.41, 5.74) is 1.51. The first-order valence-corrected chi connectivity index (χ1v) is 7.22. The van der Waals surface area contributed by atoms with Gasteiger partial charge in [0.25, 0.3) is 0 Å². The van der Waals surface area contributed by atoms with Crippen molar-refractivity contribution in [3.8, 4) is 6.07 Å². The van der Waals surface area contributed by atoms with Crippen LogP contribution in [0.4, 0.5) is 0 Å². The third-order valence-corrected chi connectivity index (χ3v) is 3.72.